The number of nitrogens with zero attached hydrogens (tertiary/aromatic N) is 1. The van der Waals surface area contributed by atoms with Crippen LogP contribution in [0.5, 0.6) is 0 Å². The van der Waals surface area contributed by atoms with Gasteiger partial charge in [-0.15, -0.1) is 0 Å². The molecule has 1 atom stereocenters. The molecule has 29 heavy (non-hydrogen) atoms. The van der Waals surface area contributed by atoms with Crippen LogP contribution >= 0.6 is 23.2 Å². The minimum Gasteiger partial charge on any atom is -0.375 e. The quantitative estimate of drug-likeness (QED) is 0.585. The molecule has 1 amide bonds. The van der Waals surface area contributed by atoms with Crippen molar-refractivity contribution in [3.05, 3.63) is 99.5 Å². The van der Waals surface area contributed by atoms with E-state index in [-0.39, 0.29) is 18.7 Å². The number of Topliss-reactive ketones (excluding diaryl/α,β-unsaturated/α-hetero) is 1. The third-order valence-electron chi connectivity index (χ3n) is 5.10. The number of hydrogen-bond acceptors (Lipinski definition) is 3. The van der Waals surface area contributed by atoms with Gasteiger partial charge in [-0.1, -0.05) is 77.8 Å². The number of anilines is 1. The van der Waals surface area contributed by atoms with E-state index in [4.69, 9.17) is 23.2 Å². The maximum Gasteiger partial charge on any atom is 0.264 e. The molecule has 0 saturated carbocycles. The Morgan fingerprint density at radius 2 is 1.66 bits per heavy atom. The van der Waals surface area contributed by atoms with Crippen LogP contribution < -0.4 is 4.90 Å². The number of fused-ring (bicyclic) bond motifs is 1. The van der Waals surface area contributed by atoms with E-state index in [9.17, 15) is 14.7 Å². The second-order valence-corrected chi connectivity index (χ2v) is 7.81. The monoisotopic (exact) mass is 425 g/mol. The zero-order chi connectivity index (χ0) is 20.6. The number of halogens is 2. The molecule has 3 aromatic rings. The van der Waals surface area contributed by atoms with E-state index >= 15 is 0 Å². The molecule has 0 radical (unpaired) electrons. The van der Waals surface area contributed by atoms with Gasteiger partial charge in [0.05, 0.1) is 18.7 Å². The van der Waals surface area contributed by atoms with E-state index in [1.165, 1.54) is 4.90 Å². The molecule has 146 valence electrons. The van der Waals surface area contributed by atoms with Crippen molar-refractivity contribution < 1.29 is 14.7 Å². The van der Waals surface area contributed by atoms with Crippen molar-refractivity contribution in [2.75, 3.05) is 4.90 Å². The number of amides is 1. The molecular formula is C23H17Cl2NO3. The highest BCUT2D eigenvalue weighted by Crippen LogP contribution is 2.44. The summed E-state index contributed by atoms with van der Waals surface area (Å²) in [6.07, 6.45) is -0.336. The van der Waals surface area contributed by atoms with Crippen LogP contribution in [0.25, 0.3) is 0 Å². The lowest BCUT2D eigenvalue weighted by Crippen LogP contribution is -2.41. The van der Waals surface area contributed by atoms with E-state index in [1.807, 2.05) is 0 Å². The predicted molar refractivity (Wildman–Crippen MR) is 113 cm³/mol. The fourth-order valence-corrected chi connectivity index (χ4v) is 4.08. The first kappa shape index (κ1) is 19.6. The molecule has 0 saturated heterocycles. The first-order valence-corrected chi connectivity index (χ1v) is 9.82. The third-order valence-corrected chi connectivity index (χ3v) is 5.68. The van der Waals surface area contributed by atoms with Gasteiger partial charge in [0.2, 0.25) is 0 Å². The average molecular weight is 426 g/mol. The Balaban J connectivity index is 1.69. The van der Waals surface area contributed by atoms with Crippen LogP contribution in [0.3, 0.4) is 0 Å². The first-order chi connectivity index (χ1) is 13.9. The molecule has 4 nitrogen and oxygen atoms in total. The zero-order valence-electron chi connectivity index (χ0n) is 15.3. The van der Waals surface area contributed by atoms with Gasteiger partial charge < -0.3 is 10.0 Å². The average Bonchev–Trinajstić information content (AvgIpc) is 2.92. The minimum atomic E-state index is -1.93. The van der Waals surface area contributed by atoms with Gasteiger partial charge in [-0.25, -0.2) is 0 Å². The number of hydrogen-bond donors (Lipinski definition) is 1. The third kappa shape index (κ3) is 3.55. The number of rotatable bonds is 5. The Bertz CT molecular complexity index is 1100. The van der Waals surface area contributed by atoms with E-state index in [2.05, 4.69) is 0 Å². The van der Waals surface area contributed by atoms with E-state index in [0.717, 1.165) is 0 Å². The fraction of sp³-hybridized carbons (Fsp3) is 0.130. The molecule has 0 bridgehead atoms. The maximum absolute atomic E-state index is 13.3. The summed E-state index contributed by atoms with van der Waals surface area (Å²) in [5.41, 5.74) is 0.192. The molecule has 4 rings (SSSR count). The molecule has 3 aromatic carbocycles. The Morgan fingerprint density at radius 1 is 0.966 bits per heavy atom. The van der Waals surface area contributed by atoms with Crippen molar-refractivity contribution in [1.82, 2.24) is 0 Å². The van der Waals surface area contributed by atoms with E-state index in [0.29, 0.717) is 32.4 Å². The van der Waals surface area contributed by atoms with Crippen molar-refractivity contribution >= 4 is 40.6 Å². The van der Waals surface area contributed by atoms with Gasteiger partial charge in [0.15, 0.2) is 11.4 Å². The molecule has 0 aliphatic carbocycles. The Labute approximate surface area is 178 Å². The van der Waals surface area contributed by atoms with Gasteiger partial charge in [-0.05, 0) is 23.8 Å². The van der Waals surface area contributed by atoms with Gasteiger partial charge in [0.25, 0.3) is 5.91 Å². The van der Waals surface area contributed by atoms with Gasteiger partial charge in [0.1, 0.15) is 0 Å². The van der Waals surface area contributed by atoms with Gasteiger partial charge >= 0.3 is 0 Å². The predicted octanol–water partition coefficient (Wildman–Crippen LogP) is 5.00. The highest BCUT2D eigenvalue weighted by atomic mass is 35.5. The largest absolute Gasteiger partial charge is 0.375 e. The van der Waals surface area contributed by atoms with Crippen molar-refractivity contribution in [2.45, 2.75) is 18.6 Å². The van der Waals surface area contributed by atoms with Gasteiger partial charge in [0, 0.05) is 21.2 Å². The highest BCUT2D eigenvalue weighted by molar-refractivity contribution is 6.35. The van der Waals surface area contributed by atoms with Crippen LogP contribution in [-0.4, -0.2) is 16.8 Å². The van der Waals surface area contributed by atoms with Crippen LogP contribution in [0.1, 0.15) is 27.9 Å². The highest BCUT2D eigenvalue weighted by Gasteiger charge is 2.50. The summed E-state index contributed by atoms with van der Waals surface area (Å²) >= 11 is 12.2. The summed E-state index contributed by atoms with van der Waals surface area (Å²) in [5.74, 6) is -0.850. The van der Waals surface area contributed by atoms with Crippen molar-refractivity contribution in [3.63, 3.8) is 0 Å². The summed E-state index contributed by atoms with van der Waals surface area (Å²) in [7, 11) is 0. The molecule has 6 heteroatoms. The molecule has 0 fully saturated rings. The number of ketones is 1. The van der Waals surface area contributed by atoms with Gasteiger partial charge in [-0.3, -0.25) is 9.59 Å². The summed E-state index contributed by atoms with van der Waals surface area (Å²) in [4.78, 5) is 27.5. The van der Waals surface area contributed by atoms with Crippen LogP contribution in [0, 0.1) is 0 Å². The lowest BCUT2D eigenvalue weighted by Gasteiger charge is -2.23. The second kappa shape index (κ2) is 7.64. The molecule has 1 aliphatic rings. The SMILES string of the molecule is O=C(CC1(O)C(=O)N(Cc2ccc(Cl)cc2Cl)c2ccccc21)c1ccccc1. The first-order valence-electron chi connectivity index (χ1n) is 9.06. The molecule has 1 aliphatic heterocycles. The second-order valence-electron chi connectivity index (χ2n) is 6.97. The summed E-state index contributed by atoms with van der Waals surface area (Å²) < 4.78 is 0. The number of benzene rings is 3. The fourth-order valence-electron chi connectivity index (χ4n) is 3.61. The van der Waals surface area contributed by atoms with Crippen LogP contribution in [-0.2, 0) is 16.9 Å². The van der Waals surface area contributed by atoms with Crippen molar-refractivity contribution in [3.8, 4) is 0 Å². The lowest BCUT2D eigenvalue weighted by atomic mass is 9.88. The summed E-state index contributed by atoms with van der Waals surface area (Å²) in [6.45, 7) is 0.160. The van der Waals surface area contributed by atoms with E-state index < -0.39 is 11.5 Å². The molecule has 1 N–H and O–H groups in total. The van der Waals surface area contributed by atoms with Crippen LogP contribution in [0.2, 0.25) is 10.0 Å². The number of carbonyl (C=O) groups is 2. The smallest absolute Gasteiger partial charge is 0.264 e. The zero-order valence-corrected chi connectivity index (χ0v) is 16.8. The van der Waals surface area contributed by atoms with E-state index in [1.54, 1.807) is 72.8 Å². The molecule has 0 aromatic heterocycles. The number of para-hydroxylation sites is 1. The van der Waals surface area contributed by atoms with Crippen molar-refractivity contribution in [2.24, 2.45) is 0 Å². The Hall–Kier alpha value is -2.66. The Kier molecular flexibility index (Phi) is 5.17. The normalized spacial score (nSPS) is 18.0. The Morgan fingerprint density at radius 3 is 2.38 bits per heavy atom. The topological polar surface area (TPSA) is 57.6 Å². The van der Waals surface area contributed by atoms with Crippen LogP contribution in [0.4, 0.5) is 5.69 Å². The molecule has 1 unspecified atom stereocenters. The lowest BCUT2D eigenvalue weighted by molar-refractivity contribution is -0.136. The summed E-state index contributed by atoms with van der Waals surface area (Å²) in [5, 5.41) is 12.3. The minimum absolute atomic E-state index is 0.160. The molecule has 1 heterocycles. The maximum atomic E-state index is 13.3. The number of aliphatic hydroxyl groups is 1. The summed E-state index contributed by atoms with van der Waals surface area (Å²) in [6, 6.07) is 20.6. The van der Waals surface area contributed by atoms with Crippen molar-refractivity contribution in [1.29, 1.82) is 0 Å². The van der Waals surface area contributed by atoms with Gasteiger partial charge in [-0.2, -0.15) is 0 Å². The molecule has 0 spiro atoms. The standard InChI is InChI=1S/C23H17Cl2NO3/c24-17-11-10-16(19(25)12-17)14-26-20-9-5-4-8-18(20)23(29,22(26)28)13-21(27)15-6-2-1-3-7-15/h1-12,29H,13-14H2. The number of carbonyl (C=O) groups excluding carboxylic acids is 2. The molecular weight excluding hydrogens is 409 g/mol. The van der Waals surface area contributed by atoms with Crippen LogP contribution in [0.15, 0.2) is 72.8 Å².